The molecule has 1 fully saturated rings. The van der Waals surface area contributed by atoms with Crippen molar-refractivity contribution in [3.8, 4) is 0 Å². The molecular weight excluding hydrogens is 234 g/mol. The summed E-state index contributed by atoms with van der Waals surface area (Å²) in [7, 11) is 1.71. The molecule has 0 atom stereocenters. The Hall–Kier alpha value is -1.82. The Morgan fingerprint density at radius 2 is 2.22 bits per heavy atom. The molecule has 1 aromatic rings. The lowest BCUT2D eigenvalue weighted by atomic mass is 10.1. The summed E-state index contributed by atoms with van der Waals surface area (Å²) in [5.41, 5.74) is 6.21. The monoisotopic (exact) mass is 251 g/mol. The van der Waals surface area contributed by atoms with E-state index >= 15 is 0 Å². The van der Waals surface area contributed by atoms with Crippen molar-refractivity contribution < 1.29 is 14.6 Å². The van der Waals surface area contributed by atoms with Crippen LogP contribution in [0.1, 0.15) is 23.2 Å². The van der Waals surface area contributed by atoms with E-state index in [1.54, 1.807) is 7.11 Å². The van der Waals surface area contributed by atoms with Gasteiger partial charge in [0.05, 0.1) is 17.4 Å². The highest BCUT2D eigenvalue weighted by molar-refractivity contribution is 5.96. The first-order chi connectivity index (χ1) is 8.63. The number of rotatable bonds is 3. The number of nitrogens with two attached hydrogens (primary N) is 1. The molecule has 2 heterocycles. The minimum absolute atomic E-state index is 0.105. The number of carboxylic acid groups (broad SMARTS) is 1. The van der Waals surface area contributed by atoms with E-state index in [-0.39, 0.29) is 17.4 Å². The van der Waals surface area contributed by atoms with Gasteiger partial charge in [-0.2, -0.15) is 0 Å². The number of hydrogen-bond acceptors (Lipinski definition) is 5. The van der Waals surface area contributed by atoms with Crippen LogP contribution in [0.15, 0.2) is 12.3 Å². The maximum absolute atomic E-state index is 11.0. The Kier molecular flexibility index (Phi) is 3.66. The highest BCUT2D eigenvalue weighted by Gasteiger charge is 2.23. The third-order valence-corrected chi connectivity index (χ3v) is 3.27. The Bertz CT molecular complexity index is 442. The number of piperidine rings is 1. The molecule has 2 rings (SSSR count). The smallest absolute Gasteiger partial charge is 0.337 e. The lowest BCUT2D eigenvalue weighted by Crippen LogP contribution is -2.37. The number of aromatic nitrogens is 1. The van der Waals surface area contributed by atoms with Crippen LogP contribution in [0.25, 0.3) is 0 Å². The van der Waals surface area contributed by atoms with E-state index in [0.29, 0.717) is 5.82 Å². The summed E-state index contributed by atoms with van der Waals surface area (Å²) in [6.07, 6.45) is 3.55. The first kappa shape index (κ1) is 12.6. The number of hydrogen-bond donors (Lipinski definition) is 2. The van der Waals surface area contributed by atoms with Gasteiger partial charge < -0.3 is 20.5 Å². The SMILES string of the molecule is COC1CCN(c2nccc(C(=O)O)c2N)CC1. The molecule has 18 heavy (non-hydrogen) atoms. The van der Waals surface area contributed by atoms with Crippen LogP contribution in [-0.4, -0.2) is 42.4 Å². The molecule has 98 valence electrons. The first-order valence-corrected chi connectivity index (χ1v) is 5.89. The number of nitrogens with zero attached hydrogens (tertiary/aromatic N) is 2. The van der Waals surface area contributed by atoms with Crippen LogP contribution < -0.4 is 10.6 Å². The van der Waals surface area contributed by atoms with Crippen LogP contribution in [0.5, 0.6) is 0 Å². The molecule has 6 nitrogen and oxygen atoms in total. The number of anilines is 2. The largest absolute Gasteiger partial charge is 0.478 e. The van der Waals surface area contributed by atoms with E-state index in [0.717, 1.165) is 25.9 Å². The minimum Gasteiger partial charge on any atom is -0.478 e. The molecule has 1 aliphatic heterocycles. The summed E-state index contributed by atoms with van der Waals surface area (Å²) < 4.78 is 5.30. The highest BCUT2D eigenvalue weighted by Crippen LogP contribution is 2.27. The van der Waals surface area contributed by atoms with E-state index in [1.165, 1.54) is 12.3 Å². The lowest BCUT2D eigenvalue weighted by molar-refractivity contribution is 0.0697. The zero-order valence-corrected chi connectivity index (χ0v) is 10.3. The Labute approximate surface area is 105 Å². The number of aromatic carboxylic acids is 1. The molecule has 0 radical (unpaired) electrons. The van der Waals surface area contributed by atoms with Crippen molar-refractivity contribution in [2.75, 3.05) is 30.8 Å². The van der Waals surface area contributed by atoms with Gasteiger partial charge in [0.1, 0.15) is 0 Å². The summed E-state index contributed by atoms with van der Waals surface area (Å²) in [5.74, 6) is -0.465. The van der Waals surface area contributed by atoms with Crippen molar-refractivity contribution in [3.63, 3.8) is 0 Å². The Morgan fingerprint density at radius 3 is 2.78 bits per heavy atom. The fourth-order valence-corrected chi connectivity index (χ4v) is 2.20. The molecule has 1 saturated heterocycles. The molecule has 0 aliphatic carbocycles. The average molecular weight is 251 g/mol. The number of carboxylic acids is 1. The molecular formula is C12H17N3O3. The average Bonchev–Trinajstić information content (AvgIpc) is 2.39. The lowest BCUT2D eigenvalue weighted by Gasteiger charge is -2.32. The fraction of sp³-hybridized carbons (Fsp3) is 0.500. The van der Waals surface area contributed by atoms with E-state index in [4.69, 9.17) is 15.6 Å². The van der Waals surface area contributed by atoms with E-state index in [1.807, 2.05) is 4.90 Å². The zero-order chi connectivity index (χ0) is 13.1. The number of pyridine rings is 1. The second-order valence-corrected chi connectivity index (χ2v) is 4.32. The summed E-state index contributed by atoms with van der Waals surface area (Å²) in [5, 5.41) is 9.02. The predicted molar refractivity (Wildman–Crippen MR) is 67.9 cm³/mol. The first-order valence-electron chi connectivity index (χ1n) is 5.89. The van der Waals surface area contributed by atoms with Crippen molar-refractivity contribution in [1.29, 1.82) is 0 Å². The fourth-order valence-electron chi connectivity index (χ4n) is 2.20. The number of nitrogen functional groups attached to an aromatic ring is 1. The van der Waals surface area contributed by atoms with E-state index in [9.17, 15) is 4.79 Å². The van der Waals surface area contributed by atoms with Crippen molar-refractivity contribution in [3.05, 3.63) is 17.8 Å². The number of methoxy groups -OCH3 is 1. The standard InChI is InChI=1S/C12H17N3O3/c1-18-8-3-6-15(7-4-8)11-10(13)9(12(16)17)2-5-14-11/h2,5,8H,3-4,6-7,13H2,1H3,(H,16,17). The highest BCUT2D eigenvalue weighted by atomic mass is 16.5. The third-order valence-electron chi connectivity index (χ3n) is 3.27. The summed E-state index contributed by atoms with van der Waals surface area (Å²) in [4.78, 5) is 17.2. The van der Waals surface area contributed by atoms with Crippen LogP contribution in [0.4, 0.5) is 11.5 Å². The van der Waals surface area contributed by atoms with Crippen molar-refractivity contribution in [2.24, 2.45) is 0 Å². The van der Waals surface area contributed by atoms with Crippen molar-refractivity contribution >= 4 is 17.5 Å². The van der Waals surface area contributed by atoms with Crippen LogP contribution in [0.2, 0.25) is 0 Å². The van der Waals surface area contributed by atoms with Gasteiger partial charge in [-0.3, -0.25) is 0 Å². The molecule has 3 N–H and O–H groups in total. The van der Waals surface area contributed by atoms with Gasteiger partial charge in [-0.15, -0.1) is 0 Å². The molecule has 1 aliphatic rings. The van der Waals surface area contributed by atoms with Gasteiger partial charge in [0.25, 0.3) is 0 Å². The maximum atomic E-state index is 11.0. The van der Waals surface area contributed by atoms with Gasteiger partial charge in [0.2, 0.25) is 0 Å². The van der Waals surface area contributed by atoms with E-state index < -0.39 is 5.97 Å². The predicted octanol–water partition coefficient (Wildman–Crippen LogP) is 0.977. The number of carbonyl (C=O) groups is 1. The molecule has 0 aromatic carbocycles. The topological polar surface area (TPSA) is 88.7 Å². The maximum Gasteiger partial charge on any atom is 0.337 e. The Morgan fingerprint density at radius 1 is 1.56 bits per heavy atom. The summed E-state index contributed by atoms with van der Waals surface area (Å²) >= 11 is 0. The van der Waals surface area contributed by atoms with Gasteiger partial charge in [-0.25, -0.2) is 9.78 Å². The van der Waals surface area contributed by atoms with Crippen molar-refractivity contribution in [1.82, 2.24) is 4.98 Å². The third kappa shape index (κ3) is 2.38. The van der Waals surface area contributed by atoms with Crippen LogP contribution in [-0.2, 0) is 4.74 Å². The normalized spacial score (nSPS) is 16.8. The van der Waals surface area contributed by atoms with Gasteiger partial charge in [-0.1, -0.05) is 0 Å². The molecule has 0 bridgehead atoms. The van der Waals surface area contributed by atoms with Gasteiger partial charge in [0.15, 0.2) is 5.82 Å². The second-order valence-electron chi connectivity index (χ2n) is 4.32. The minimum atomic E-state index is -1.03. The molecule has 0 saturated carbocycles. The van der Waals surface area contributed by atoms with Crippen molar-refractivity contribution in [2.45, 2.75) is 18.9 Å². The Balaban J connectivity index is 2.19. The number of ether oxygens (including phenoxy) is 1. The zero-order valence-electron chi connectivity index (χ0n) is 10.3. The van der Waals surface area contributed by atoms with Gasteiger partial charge >= 0.3 is 5.97 Å². The molecule has 6 heteroatoms. The quantitative estimate of drug-likeness (QED) is 0.832. The van der Waals surface area contributed by atoms with Gasteiger partial charge in [-0.05, 0) is 18.9 Å². The van der Waals surface area contributed by atoms with Crippen LogP contribution in [0.3, 0.4) is 0 Å². The van der Waals surface area contributed by atoms with Crippen LogP contribution >= 0.6 is 0 Å². The molecule has 0 spiro atoms. The molecule has 0 amide bonds. The van der Waals surface area contributed by atoms with Gasteiger partial charge in [0, 0.05) is 26.4 Å². The molecule has 0 unspecified atom stereocenters. The van der Waals surface area contributed by atoms with E-state index in [2.05, 4.69) is 4.98 Å². The summed E-state index contributed by atoms with van der Waals surface area (Å²) in [6, 6.07) is 1.42. The second kappa shape index (κ2) is 5.22. The summed E-state index contributed by atoms with van der Waals surface area (Å²) in [6.45, 7) is 1.55. The molecule has 1 aromatic heterocycles. The van der Waals surface area contributed by atoms with Crippen LogP contribution in [0, 0.1) is 0 Å².